The number of β-amino-alcohol motifs (C(OH)–C–C–N with tert-alkyl or cyclic N) is 1. The largest absolute Gasteiger partial charge is 0.497 e. The number of hydrogen-bond acceptors (Lipinski definition) is 6. The normalized spacial score (nSPS) is 16.2. The summed E-state index contributed by atoms with van der Waals surface area (Å²) in [6.45, 7) is 4.07. The molecule has 0 aliphatic carbocycles. The Morgan fingerprint density at radius 1 is 1.22 bits per heavy atom. The first kappa shape index (κ1) is 26.1. The van der Waals surface area contributed by atoms with Crippen LogP contribution in [0, 0.1) is 0 Å². The van der Waals surface area contributed by atoms with E-state index in [0.717, 1.165) is 5.56 Å². The zero-order chi connectivity index (χ0) is 26.2. The molecule has 2 N–H and O–H groups in total. The van der Waals surface area contributed by atoms with Gasteiger partial charge in [0.25, 0.3) is 0 Å². The molecule has 2 heterocycles. The molecule has 0 saturated carbocycles. The fourth-order valence-corrected chi connectivity index (χ4v) is 4.89. The average molecular weight is 535 g/mol. The highest BCUT2D eigenvalue weighted by molar-refractivity contribution is 6.35. The van der Waals surface area contributed by atoms with Crippen LogP contribution in [-0.2, 0) is 17.7 Å². The number of hydrogen-bond donors (Lipinski definition) is 2. The van der Waals surface area contributed by atoms with Crippen molar-refractivity contribution >= 4 is 46.2 Å². The lowest BCUT2D eigenvalue weighted by atomic mass is 10.0. The van der Waals surface area contributed by atoms with E-state index in [4.69, 9.17) is 32.7 Å². The summed E-state index contributed by atoms with van der Waals surface area (Å²) in [6.07, 6.45) is 0.503. The Labute approximate surface area is 218 Å². The summed E-state index contributed by atoms with van der Waals surface area (Å²) >= 11 is 12.7. The number of rotatable bonds is 8. The summed E-state index contributed by atoms with van der Waals surface area (Å²) in [5, 5.41) is 11.3. The highest BCUT2D eigenvalue weighted by atomic mass is 35.5. The Hall–Kier alpha value is -3.01. The number of amides is 2. The Kier molecular flexibility index (Phi) is 7.36. The van der Waals surface area contributed by atoms with Crippen LogP contribution in [0.5, 0.6) is 5.75 Å². The van der Waals surface area contributed by atoms with E-state index in [1.54, 1.807) is 49.0 Å². The van der Waals surface area contributed by atoms with Gasteiger partial charge in [0.15, 0.2) is 0 Å². The summed E-state index contributed by atoms with van der Waals surface area (Å²) in [5.74, 6) is 0.559. The van der Waals surface area contributed by atoms with E-state index >= 15 is 0 Å². The third-order valence-corrected chi connectivity index (χ3v) is 6.71. The molecule has 1 atom stereocenters. The number of esters is 1. The molecule has 0 bridgehead atoms. The average Bonchev–Trinajstić information content (AvgIpc) is 3.34. The van der Waals surface area contributed by atoms with Gasteiger partial charge in [-0.25, -0.2) is 14.6 Å². The predicted octanol–water partition coefficient (Wildman–Crippen LogP) is 4.28. The first-order chi connectivity index (χ1) is 17.0. The van der Waals surface area contributed by atoms with Crippen molar-refractivity contribution in [3.63, 3.8) is 0 Å². The Morgan fingerprint density at radius 3 is 2.61 bits per heavy atom. The van der Waals surface area contributed by atoms with Gasteiger partial charge < -0.3 is 29.4 Å². The standard InChI is InChI=1S/C25H28Cl2N4O5/c1-25(2,34)13-31-15(9-14-5-6-16(35-3)10-18(14)27)11-30(24(31)33)12-20-28-19-8-7-17(26)21(22(19)29-20)23(32)36-4/h5-8,10,15,34H,9,11-13H2,1-4H3,(H,28,29). The highest BCUT2D eigenvalue weighted by Crippen LogP contribution is 2.30. The number of carbonyl (C=O) groups excluding carboxylic acids is 2. The minimum atomic E-state index is -1.08. The van der Waals surface area contributed by atoms with Crippen molar-refractivity contribution in [1.29, 1.82) is 0 Å². The third-order valence-electron chi connectivity index (χ3n) is 6.04. The highest BCUT2D eigenvalue weighted by Gasteiger charge is 2.40. The van der Waals surface area contributed by atoms with Gasteiger partial charge in [-0.3, -0.25) is 0 Å². The van der Waals surface area contributed by atoms with Gasteiger partial charge in [-0.15, -0.1) is 0 Å². The van der Waals surface area contributed by atoms with Crippen molar-refractivity contribution in [3.8, 4) is 5.75 Å². The minimum Gasteiger partial charge on any atom is -0.497 e. The fourth-order valence-electron chi connectivity index (χ4n) is 4.42. The number of aromatic nitrogens is 2. The number of halogens is 2. The zero-order valence-electron chi connectivity index (χ0n) is 20.5. The second-order valence-electron chi connectivity index (χ2n) is 9.41. The number of methoxy groups -OCH3 is 2. The van der Waals surface area contributed by atoms with Gasteiger partial charge in [-0.1, -0.05) is 29.3 Å². The summed E-state index contributed by atoms with van der Waals surface area (Å²) in [5.41, 5.74) is 0.947. The van der Waals surface area contributed by atoms with Crippen LogP contribution < -0.4 is 4.74 Å². The molecule has 11 heteroatoms. The van der Waals surface area contributed by atoms with Gasteiger partial charge in [-0.2, -0.15) is 0 Å². The molecule has 2 aromatic carbocycles. The summed E-state index contributed by atoms with van der Waals surface area (Å²) in [7, 11) is 2.85. The van der Waals surface area contributed by atoms with Crippen molar-refractivity contribution in [2.24, 2.45) is 0 Å². The number of H-pyrrole nitrogens is 1. The summed E-state index contributed by atoms with van der Waals surface area (Å²) in [4.78, 5) is 36.7. The van der Waals surface area contributed by atoms with Crippen LogP contribution in [0.25, 0.3) is 11.0 Å². The van der Waals surface area contributed by atoms with Crippen LogP contribution in [0.1, 0.15) is 35.6 Å². The van der Waals surface area contributed by atoms with Gasteiger partial charge in [0.05, 0.1) is 49.5 Å². The molecule has 1 fully saturated rings. The number of benzene rings is 2. The number of imidazole rings is 1. The number of carbonyl (C=O) groups is 2. The molecule has 0 radical (unpaired) electrons. The SMILES string of the molecule is COC(=O)c1c(Cl)ccc2[nH]c(CN3CC(Cc4ccc(OC)cc4Cl)N(CC(C)(C)O)C3=O)nc12. The summed E-state index contributed by atoms with van der Waals surface area (Å²) in [6, 6.07) is 8.32. The number of aromatic amines is 1. The number of aliphatic hydroxyl groups is 1. The third kappa shape index (κ3) is 5.38. The van der Waals surface area contributed by atoms with Crippen LogP contribution in [0.3, 0.4) is 0 Å². The molecule has 1 aromatic heterocycles. The van der Waals surface area contributed by atoms with E-state index in [1.807, 2.05) is 12.1 Å². The lowest BCUT2D eigenvalue weighted by Crippen LogP contribution is -2.45. The molecular formula is C25H28Cl2N4O5. The molecule has 9 nitrogen and oxygen atoms in total. The number of fused-ring (bicyclic) bond motifs is 1. The molecular weight excluding hydrogens is 507 g/mol. The molecule has 1 unspecified atom stereocenters. The van der Waals surface area contributed by atoms with E-state index in [2.05, 4.69) is 9.97 Å². The number of urea groups is 1. The molecule has 3 aromatic rings. The van der Waals surface area contributed by atoms with Crippen molar-refractivity contribution in [1.82, 2.24) is 19.8 Å². The second-order valence-corrected chi connectivity index (χ2v) is 10.2. The number of nitrogens with zero attached hydrogens (tertiary/aromatic N) is 3. The molecule has 1 aliphatic rings. The van der Waals surface area contributed by atoms with Crippen molar-refractivity contribution < 1.29 is 24.2 Å². The zero-order valence-corrected chi connectivity index (χ0v) is 22.0. The van der Waals surface area contributed by atoms with Crippen LogP contribution >= 0.6 is 23.2 Å². The first-order valence-electron chi connectivity index (χ1n) is 11.4. The van der Waals surface area contributed by atoms with Crippen molar-refractivity contribution in [3.05, 3.63) is 57.3 Å². The maximum atomic E-state index is 13.4. The number of nitrogens with one attached hydrogen (secondary N) is 1. The maximum Gasteiger partial charge on any atom is 0.341 e. The lowest BCUT2D eigenvalue weighted by molar-refractivity contribution is 0.0425. The van der Waals surface area contributed by atoms with Crippen LogP contribution in [0.4, 0.5) is 4.79 Å². The quantitative estimate of drug-likeness (QED) is 0.417. The van der Waals surface area contributed by atoms with Crippen LogP contribution in [0.15, 0.2) is 30.3 Å². The topological polar surface area (TPSA) is 108 Å². The minimum absolute atomic E-state index is 0.156. The molecule has 36 heavy (non-hydrogen) atoms. The second kappa shape index (κ2) is 10.2. The van der Waals surface area contributed by atoms with Gasteiger partial charge in [0.1, 0.15) is 22.7 Å². The first-order valence-corrected chi connectivity index (χ1v) is 12.1. The monoisotopic (exact) mass is 534 g/mol. The molecule has 1 aliphatic heterocycles. The van der Waals surface area contributed by atoms with Gasteiger partial charge in [0.2, 0.25) is 0 Å². The molecule has 192 valence electrons. The van der Waals surface area contributed by atoms with Gasteiger partial charge in [-0.05, 0) is 50.1 Å². The number of ether oxygens (including phenoxy) is 2. The van der Waals surface area contributed by atoms with E-state index in [0.29, 0.717) is 40.6 Å². The Bertz CT molecular complexity index is 1300. The molecule has 2 amide bonds. The van der Waals surface area contributed by atoms with Crippen LogP contribution in [0.2, 0.25) is 10.0 Å². The van der Waals surface area contributed by atoms with Crippen molar-refractivity contribution in [2.45, 2.75) is 38.5 Å². The fraction of sp³-hybridized carbons (Fsp3) is 0.400. The van der Waals surface area contributed by atoms with Gasteiger partial charge >= 0.3 is 12.0 Å². The van der Waals surface area contributed by atoms with E-state index < -0.39 is 11.6 Å². The summed E-state index contributed by atoms with van der Waals surface area (Å²) < 4.78 is 10.1. The van der Waals surface area contributed by atoms with Crippen molar-refractivity contribution in [2.75, 3.05) is 27.3 Å². The molecule has 4 rings (SSSR count). The van der Waals surface area contributed by atoms with E-state index in [-0.39, 0.29) is 35.7 Å². The van der Waals surface area contributed by atoms with E-state index in [1.165, 1.54) is 7.11 Å². The van der Waals surface area contributed by atoms with Crippen LogP contribution in [-0.4, -0.2) is 75.8 Å². The maximum absolute atomic E-state index is 13.4. The smallest absolute Gasteiger partial charge is 0.341 e. The molecule has 1 saturated heterocycles. The van der Waals surface area contributed by atoms with Gasteiger partial charge in [0, 0.05) is 11.6 Å². The Morgan fingerprint density at radius 2 is 1.97 bits per heavy atom. The lowest BCUT2D eigenvalue weighted by Gasteiger charge is -2.29. The molecule has 0 spiro atoms. The van der Waals surface area contributed by atoms with E-state index in [9.17, 15) is 14.7 Å². The predicted molar refractivity (Wildman–Crippen MR) is 137 cm³/mol. The Balaban J connectivity index is 1.61.